The van der Waals surface area contributed by atoms with Gasteiger partial charge in [-0.15, -0.1) is 0 Å². The average molecular weight is 223 g/mol. The maximum Gasteiger partial charge on any atom is 0.227 e. The van der Waals surface area contributed by atoms with Crippen molar-refractivity contribution in [2.45, 2.75) is 13.8 Å². The minimum atomic E-state index is -0.285. The molecule has 5 nitrogen and oxygen atoms in total. The molecular weight excluding hydrogens is 210 g/mol. The molecule has 16 heavy (non-hydrogen) atoms. The monoisotopic (exact) mass is 223 g/mol. The zero-order valence-corrected chi connectivity index (χ0v) is 9.02. The van der Waals surface area contributed by atoms with Crippen LogP contribution in [0.5, 0.6) is 11.5 Å². The lowest BCUT2D eigenvalue weighted by atomic mass is 10.1. The molecule has 1 aromatic rings. The van der Waals surface area contributed by atoms with Gasteiger partial charge in [0, 0.05) is 12.0 Å². The number of amides is 1. The highest BCUT2D eigenvalue weighted by molar-refractivity contribution is 5.94. The molecule has 86 valence electrons. The first-order chi connectivity index (χ1) is 7.45. The van der Waals surface area contributed by atoms with Gasteiger partial charge in [-0.25, -0.2) is 0 Å². The van der Waals surface area contributed by atoms with Crippen LogP contribution in [0.1, 0.15) is 24.2 Å². The van der Waals surface area contributed by atoms with Crippen LogP contribution in [0.4, 0.5) is 5.69 Å². The van der Waals surface area contributed by atoms with E-state index in [1.165, 1.54) is 0 Å². The van der Waals surface area contributed by atoms with Gasteiger partial charge in [0.1, 0.15) is 11.5 Å². The van der Waals surface area contributed by atoms with Crippen LogP contribution in [-0.4, -0.2) is 22.4 Å². The normalized spacial score (nSPS) is 10.2. The van der Waals surface area contributed by atoms with E-state index in [1.54, 1.807) is 13.8 Å². The molecule has 0 aliphatic rings. The lowest BCUT2D eigenvalue weighted by Crippen LogP contribution is -2.17. The summed E-state index contributed by atoms with van der Waals surface area (Å²) in [5.41, 5.74) is 0.0573. The van der Waals surface area contributed by atoms with Crippen molar-refractivity contribution in [3.8, 4) is 11.5 Å². The van der Waals surface area contributed by atoms with E-state index in [0.29, 0.717) is 6.29 Å². The molecule has 1 amide bonds. The Balaban J connectivity index is 3.02. The van der Waals surface area contributed by atoms with E-state index in [1.807, 2.05) is 0 Å². The number of aldehydes is 1. The molecule has 0 atom stereocenters. The number of benzene rings is 1. The molecule has 0 saturated carbocycles. The van der Waals surface area contributed by atoms with E-state index in [9.17, 15) is 19.8 Å². The smallest absolute Gasteiger partial charge is 0.227 e. The summed E-state index contributed by atoms with van der Waals surface area (Å²) in [6, 6.07) is 2.23. The maximum absolute atomic E-state index is 11.4. The first-order valence-electron chi connectivity index (χ1n) is 4.77. The summed E-state index contributed by atoms with van der Waals surface area (Å²) in [4.78, 5) is 21.8. The van der Waals surface area contributed by atoms with E-state index < -0.39 is 0 Å². The molecule has 3 N–H and O–H groups in total. The van der Waals surface area contributed by atoms with Gasteiger partial charge >= 0.3 is 0 Å². The Morgan fingerprint density at radius 1 is 1.31 bits per heavy atom. The third kappa shape index (κ3) is 2.50. The van der Waals surface area contributed by atoms with Crippen molar-refractivity contribution in [3.63, 3.8) is 0 Å². The molecule has 0 heterocycles. The lowest BCUT2D eigenvalue weighted by molar-refractivity contribution is -0.118. The summed E-state index contributed by atoms with van der Waals surface area (Å²) in [5, 5.41) is 21.3. The number of rotatable bonds is 3. The van der Waals surface area contributed by atoms with Gasteiger partial charge in [-0.1, -0.05) is 13.8 Å². The molecule has 0 aliphatic carbocycles. The number of nitrogens with one attached hydrogen (secondary N) is 1. The van der Waals surface area contributed by atoms with Crippen molar-refractivity contribution < 1.29 is 19.8 Å². The summed E-state index contributed by atoms with van der Waals surface area (Å²) in [6.07, 6.45) is 0.420. The number of carbonyl (C=O) groups excluding carboxylic acids is 2. The van der Waals surface area contributed by atoms with Crippen molar-refractivity contribution >= 4 is 17.9 Å². The van der Waals surface area contributed by atoms with E-state index in [-0.39, 0.29) is 34.6 Å². The number of hydrogen-bond acceptors (Lipinski definition) is 4. The van der Waals surface area contributed by atoms with Crippen LogP contribution in [-0.2, 0) is 4.79 Å². The molecule has 0 saturated heterocycles. The molecule has 1 aromatic carbocycles. The summed E-state index contributed by atoms with van der Waals surface area (Å²) in [5.74, 6) is -1.07. The van der Waals surface area contributed by atoms with Crippen LogP contribution in [0.2, 0.25) is 0 Å². The Bertz CT molecular complexity index is 426. The number of aromatic hydroxyl groups is 2. The molecule has 1 rings (SSSR count). The van der Waals surface area contributed by atoms with Crippen LogP contribution < -0.4 is 5.32 Å². The summed E-state index contributed by atoms with van der Waals surface area (Å²) in [6.45, 7) is 3.40. The zero-order chi connectivity index (χ0) is 12.3. The number of hydrogen-bond donors (Lipinski definition) is 3. The third-order valence-corrected chi connectivity index (χ3v) is 2.05. The molecule has 0 bridgehead atoms. The minimum absolute atomic E-state index is 0.0277. The van der Waals surface area contributed by atoms with Crippen LogP contribution in [0.25, 0.3) is 0 Å². The van der Waals surface area contributed by atoms with E-state index in [4.69, 9.17) is 0 Å². The fraction of sp³-hybridized carbons (Fsp3) is 0.273. The van der Waals surface area contributed by atoms with Gasteiger partial charge in [0.15, 0.2) is 6.29 Å². The highest BCUT2D eigenvalue weighted by atomic mass is 16.3. The van der Waals surface area contributed by atoms with Crippen molar-refractivity contribution in [1.82, 2.24) is 0 Å². The van der Waals surface area contributed by atoms with Crippen molar-refractivity contribution in [2.75, 3.05) is 5.32 Å². The summed E-state index contributed by atoms with van der Waals surface area (Å²) < 4.78 is 0. The number of phenolic OH excluding ortho intramolecular Hbond substituents is 2. The van der Waals surface area contributed by atoms with Crippen molar-refractivity contribution in [1.29, 1.82) is 0 Å². The fourth-order valence-electron chi connectivity index (χ4n) is 1.06. The quantitative estimate of drug-likeness (QED) is 0.412. The van der Waals surface area contributed by atoms with Gasteiger partial charge in [0.2, 0.25) is 5.91 Å². The predicted octanol–water partition coefficient (Wildman–Crippen LogP) is 1.50. The van der Waals surface area contributed by atoms with Gasteiger partial charge in [-0.3, -0.25) is 9.59 Å². The maximum atomic E-state index is 11.4. The molecule has 5 heteroatoms. The van der Waals surface area contributed by atoms with E-state index in [0.717, 1.165) is 12.1 Å². The number of anilines is 1. The van der Waals surface area contributed by atoms with Crippen LogP contribution in [0.3, 0.4) is 0 Å². The minimum Gasteiger partial charge on any atom is -0.507 e. The molecule has 0 radical (unpaired) electrons. The second-order valence-electron chi connectivity index (χ2n) is 3.69. The first-order valence-corrected chi connectivity index (χ1v) is 4.77. The van der Waals surface area contributed by atoms with E-state index in [2.05, 4.69) is 5.32 Å². The van der Waals surface area contributed by atoms with E-state index >= 15 is 0 Å². The topological polar surface area (TPSA) is 86.6 Å². The third-order valence-electron chi connectivity index (χ3n) is 2.05. The van der Waals surface area contributed by atoms with Crippen LogP contribution >= 0.6 is 0 Å². The Morgan fingerprint density at radius 2 is 1.94 bits per heavy atom. The second-order valence-corrected chi connectivity index (χ2v) is 3.69. The van der Waals surface area contributed by atoms with Crippen LogP contribution in [0.15, 0.2) is 12.1 Å². The Hall–Kier alpha value is -2.04. The first kappa shape index (κ1) is 12.0. The fourth-order valence-corrected chi connectivity index (χ4v) is 1.06. The van der Waals surface area contributed by atoms with Gasteiger partial charge < -0.3 is 15.5 Å². The molecule has 0 aliphatic heterocycles. The molecular formula is C11H13NO4. The van der Waals surface area contributed by atoms with Gasteiger partial charge in [-0.2, -0.15) is 0 Å². The molecule has 0 fully saturated rings. The Morgan fingerprint density at radius 3 is 2.44 bits per heavy atom. The molecule has 0 unspecified atom stereocenters. The highest BCUT2D eigenvalue weighted by Crippen LogP contribution is 2.30. The Labute approximate surface area is 92.7 Å². The molecule has 0 spiro atoms. The summed E-state index contributed by atoms with van der Waals surface area (Å²) in [7, 11) is 0. The van der Waals surface area contributed by atoms with Crippen molar-refractivity contribution in [2.24, 2.45) is 5.92 Å². The largest absolute Gasteiger partial charge is 0.507 e. The second kappa shape index (κ2) is 4.65. The van der Waals surface area contributed by atoms with Crippen molar-refractivity contribution in [3.05, 3.63) is 17.7 Å². The standard InChI is InChI=1S/C11H13NO4/c1-6(2)11(16)12-8-4-9(14)7(5-13)3-10(8)15/h3-6,14-15H,1-2H3,(H,12,16). The van der Waals surface area contributed by atoms with Crippen LogP contribution in [0, 0.1) is 5.92 Å². The highest BCUT2D eigenvalue weighted by Gasteiger charge is 2.12. The van der Waals surface area contributed by atoms with Gasteiger partial charge in [0.05, 0.1) is 11.3 Å². The van der Waals surface area contributed by atoms with Gasteiger partial charge in [-0.05, 0) is 6.07 Å². The lowest BCUT2D eigenvalue weighted by Gasteiger charge is -2.10. The number of carbonyl (C=O) groups is 2. The predicted molar refractivity (Wildman–Crippen MR) is 58.6 cm³/mol. The molecule has 0 aromatic heterocycles. The SMILES string of the molecule is CC(C)C(=O)Nc1cc(O)c(C=O)cc1O. The van der Waals surface area contributed by atoms with Gasteiger partial charge in [0.25, 0.3) is 0 Å². The Kier molecular flexibility index (Phi) is 3.50. The summed E-state index contributed by atoms with van der Waals surface area (Å²) >= 11 is 0. The average Bonchev–Trinajstić information content (AvgIpc) is 2.22. The zero-order valence-electron chi connectivity index (χ0n) is 9.02. The number of phenols is 2.